The normalized spacial score (nSPS) is 15.1. The summed E-state index contributed by atoms with van der Waals surface area (Å²) in [4.78, 5) is 12.0. The number of amides is 1. The number of hydrogen-bond donors (Lipinski definition) is 2. The van der Waals surface area contributed by atoms with Gasteiger partial charge in [-0.15, -0.1) is 0 Å². The largest absolute Gasteiger partial charge is 0.361 e. The highest BCUT2D eigenvalue weighted by molar-refractivity contribution is 6.31. The van der Waals surface area contributed by atoms with Crippen molar-refractivity contribution in [1.82, 2.24) is 0 Å². The van der Waals surface area contributed by atoms with Crippen LogP contribution in [0.1, 0.15) is 16.7 Å². The van der Waals surface area contributed by atoms with Crippen LogP contribution in [-0.2, 0) is 4.79 Å². The fourth-order valence-corrected chi connectivity index (χ4v) is 2.34. The van der Waals surface area contributed by atoms with E-state index < -0.39 is 0 Å². The van der Waals surface area contributed by atoms with Crippen LogP contribution in [0.15, 0.2) is 48.7 Å². The molecule has 2 aromatic carbocycles. The fraction of sp³-hybridized carbons (Fsp3) is 0.118. The molecule has 0 spiro atoms. The van der Waals surface area contributed by atoms with Gasteiger partial charge < -0.3 is 10.6 Å². The number of fused-ring (bicyclic) bond motifs is 1. The van der Waals surface area contributed by atoms with Crippen molar-refractivity contribution in [3.63, 3.8) is 0 Å². The Balaban J connectivity index is 1.94. The van der Waals surface area contributed by atoms with Crippen LogP contribution in [0.3, 0.4) is 0 Å². The highest BCUT2D eigenvalue weighted by Crippen LogP contribution is 2.31. The van der Waals surface area contributed by atoms with E-state index >= 15 is 0 Å². The molecule has 0 atom stereocenters. The third-order valence-corrected chi connectivity index (χ3v) is 3.69. The van der Waals surface area contributed by atoms with Gasteiger partial charge in [-0.1, -0.05) is 30.3 Å². The van der Waals surface area contributed by atoms with E-state index in [1.165, 1.54) is 11.1 Å². The Labute approximate surface area is 118 Å². The minimum absolute atomic E-state index is 0.0657. The second-order valence-electron chi connectivity index (χ2n) is 4.95. The molecule has 20 heavy (non-hydrogen) atoms. The number of aryl methyl sites for hydroxylation is 1. The van der Waals surface area contributed by atoms with Gasteiger partial charge in [-0.25, -0.2) is 0 Å². The van der Waals surface area contributed by atoms with Crippen LogP contribution in [0.2, 0.25) is 0 Å². The van der Waals surface area contributed by atoms with Gasteiger partial charge in [0, 0.05) is 23.1 Å². The summed E-state index contributed by atoms with van der Waals surface area (Å²) in [6, 6.07) is 13.8. The Bertz CT molecular complexity index is 717. The van der Waals surface area contributed by atoms with Crippen LogP contribution < -0.4 is 10.6 Å². The SMILES string of the molecule is Cc1cccc(N/C=C2\C(=O)Nc3ccccc32)c1C. The molecule has 2 aromatic rings. The van der Waals surface area contributed by atoms with Gasteiger partial charge in [0.15, 0.2) is 0 Å². The van der Waals surface area contributed by atoms with Crippen LogP contribution in [0, 0.1) is 13.8 Å². The molecule has 1 aliphatic heterocycles. The Hall–Kier alpha value is -2.55. The predicted octanol–water partition coefficient (Wildman–Crippen LogP) is 3.71. The standard InChI is InChI=1S/C17H16N2O/c1-11-6-5-9-15(12(11)2)18-10-14-13-7-3-4-8-16(13)19-17(14)20/h3-10,18H,1-2H3,(H,19,20)/b14-10-. The van der Waals surface area contributed by atoms with Crippen LogP contribution in [0.4, 0.5) is 11.4 Å². The Morgan fingerprint density at radius 3 is 2.70 bits per heavy atom. The fourth-order valence-electron chi connectivity index (χ4n) is 2.34. The second kappa shape index (κ2) is 4.85. The molecule has 100 valence electrons. The van der Waals surface area contributed by atoms with E-state index in [1.54, 1.807) is 6.20 Å². The molecule has 3 rings (SSSR count). The molecule has 0 fully saturated rings. The lowest BCUT2D eigenvalue weighted by Crippen LogP contribution is -2.05. The van der Waals surface area contributed by atoms with Crippen LogP contribution in [-0.4, -0.2) is 5.91 Å². The summed E-state index contributed by atoms with van der Waals surface area (Å²) in [5.41, 5.74) is 5.92. The van der Waals surface area contributed by atoms with Gasteiger partial charge in [0.1, 0.15) is 0 Å². The molecule has 0 unspecified atom stereocenters. The highest BCUT2D eigenvalue weighted by atomic mass is 16.2. The van der Waals surface area contributed by atoms with E-state index in [4.69, 9.17) is 0 Å². The summed E-state index contributed by atoms with van der Waals surface area (Å²) in [5.74, 6) is -0.0657. The molecular formula is C17H16N2O. The quantitative estimate of drug-likeness (QED) is 0.812. The number of anilines is 2. The minimum atomic E-state index is -0.0657. The van der Waals surface area contributed by atoms with Gasteiger partial charge in [-0.3, -0.25) is 4.79 Å². The second-order valence-corrected chi connectivity index (χ2v) is 4.95. The lowest BCUT2D eigenvalue weighted by Gasteiger charge is -2.08. The lowest BCUT2D eigenvalue weighted by molar-refractivity contribution is -0.110. The molecular weight excluding hydrogens is 248 g/mol. The maximum absolute atomic E-state index is 12.0. The zero-order valence-electron chi connectivity index (χ0n) is 11.5. The molecule has 1 aliphatic rings. The summed E-state index contributed by atoms with van der Waals surface area (Å²) in [7, 11) is 0. The molecule has 0 aromatic heterocycles. The number of hydrogen-bond acceptors (Lipinski definition) is 2. The zero-order chi connectivity index (χ0) is 14.1. The number of carbonyl (C=O) groups excluding carboxylic acids is 1. The van der Waals surface area contributed by atoms with E-state index in [0.29, 0.717) is 5.57 Å². The van der Waals surface area contributed by atoms with E-state index in [9.17, 15) is 4.79 Å². The van der Waals surface area contributed by atoms with Crippen molar-refractivity contribution in [1.29, 1.82) is 0 Å². The van der Waals surface area contributed by atoms with Crippen molar-refractivity contribution in [2.75, 3.05) is 10.6 Å². The molecule has 3 nitrogen and oxygen atoms in total. The van der Waals surface area contributed by atoms with E-state index in [-0.39, 0.29) is 5.91 Å². The number of benzene rings is 2. The highest BCUT2D eigenvalue weighted by Gasteiger charge is 2.23. The lowest BCUT2D eigenvalue weighted by atomic mass is 10.1. The molecule has 2 N–H and O–H groups in total. The maximum atomic E-state index is 12.0. The molecule has 0 radical (unpaired) electrons. The molecule has 0 aliphatic carbocycles. The first-order valence-electron chi connectivity index (χ1n) is 6.60. The molecule has 1 heterocycles. The molecule has 0 bridgehead atoms. The van der Waals surface area contributed by atoms with E-state index in [1.807, 2.05) is 36.4 Å². The Morgan fingerprint density at radius 2 is 1.85 bits per heavy atom. The van der Waals surface area contributed by atoms with Gasteiger partial charge in [0.2, 0.25) is 0 Å². The van der Waals surface area contributed by atoms with Crippen LogP contribution in [0.5, 0.6) is 0 Å². The monoisotopic (exact) mass is 264 g/mol. The predicted molar refractivity (Wildman–Crippen MR) is 82.6 cm³/mol. The summed E-state index contributed by atoms with van der Waals surface area (Å²) in [5, 5.41) is 6.11. The number of para-hydroxylation sites is 1. The average Bonchev–Trinajstić information content (AvgIpc) is 2.76. The summed E-state index contributed by atoms with van der Waals surface area (Å²) < 4.78 is 0. The molecule has 0 saturated heterocycles. The third kappa shape index (κ3) is 2.07. The first-order chi connectivity index (χ1) is 9.66. The van der Waals surface area contributed by atoms with Crippen molar-refractivity contribution in [2.45, 2.75) is 13.8 Å². The Morgan fingerprint density at radius 1 is 1.05 bits per heavy atom. The molecule has 3 heteroatoms. The summed E-state index contributed by atoms with van der Waals surface area (Å²) in [6.45, 7) is 4.14. The van der Waals surface area contributed by atoms with Crippen molar-refractivity contribution < 1.29 is 4.79 Å². The van der Waals surface area contributed by atoms with Gasteiger partial charge in [-0.05, 0) is 37.1 Å². The van der Waals surface area contributed by atoms with Crippen molar-refractivity contribution in [3.8, 4) is 0 Å². The number of nitrogens with one attached hydrogen (secondary N) is 2. The third-order valence-electron chi connectivity index (χ3n) is 3.69. The smallest absolute Gasteiger partial charge is 0.257 e. The first-order valence-corrected chi connectivity index (χ1v) is 6.60. The zero-order valence-corrected chi connectivity index (χ0v) is 11.5. The first kappa shape index (κ1) is 12.5. The number of carbonyl (C=O) groups is 1. The summed E-state index contributed by atoms with van der Waals surface area (Å²) in [6.07, 6.45) is 1.78. The minimum Gasteiger partial charge on any atom is -0.361 e. The average molecular weight is 264 g/mol. The van der Waals surface area contributed by atoms with Crippen molar-refractivity contribution in [2.24, 2.45) is 0 Å². The van der Waals surface area contributed by atoms with E-state index in [0.717, 1.165) is 16.9 Å². The molecule has 0 saturated carbocycles. The topological polar surface area (TPSA) is 41.1 Å². The Kier molecular flexibility index (Phi) is 3.03. The van der Waals surface area contributed by atoms with Gasteiger partial charge in [0.25, 0.3) is 5.91 Å². The summed E-state index contributed by atoms with van der Waals surface area (Å²) >= 11 is 0. The van der Waals surface area contributed by atoms with Crippen molar-refractivity contribution in [3.05, 3.63) is 65.4 Å². The van der Waals surface area contributed by atoms with Gasteiger partial charge in [-0.2, -0.15) is 0 Å². The van der Waals surface area contributed by atoms with Crippen molar-refractivity contribution >= 4 is 22.9 Å². The van der Waals surface area contributed by atoms with Crippen LogP contribution in [0.25, 0.3) is 5.57 Å². The van der Waals surface area contributed by atoms with Crippen LogP contribution >= 0.6 is 0 Å². The van der Waals surface area contributed by atoms with E-state index in [2.05, 4.69) is 30.5 Å². The maximum Gasteiger partial charge on any atom is 0.257 e. The van der Waals surface area contributed by atoms with Gasteiger partial charge in [0.05, 0.1) is 5.57 Å². The molecule has 1 amide bonds. The van der Waals surface area contributed by atoms with Gasteiger partial charge >= 0.3 is 0 Å². The number of rotatable bonds is 2.